The molecule has 0 saturated carbocycles. The molecule has 4 heterocycles. The number of imide groups is 1. The van der Waals surface area contributed by atoms with Gasteiger partial charge in [-0.25, -0.2) is 4.79 Å². The molecule has 2 aliphatic rings. The fraction of sp³-hybridized carbons (Fsp3) is 0.474. The first kappa shape index (κ1) is 18.3. The van der Waals surface area contributed by atoms with Crippen LogP contribution in [0.5, 0.6) is 0 Å². The quantitative estimate of drug-likeness (QED) is 0.694. The maximum Gasteiger partial charge on any atom is 0.322 e. The smallest absolute Gasteiger partial charge is 0.322 e. The Bertz CT molecular complexity index is 924. The number of furan rings is 1. The Morgan fingerprint density at radius 2 is 2.07 bits per heavy atom. The van der Waals surface area contributed by atoms with E-state index in [4.69, 9.17) is 4.42 Å². The Morgan fingerprint density at radius 1 is 1.32 bits per heavy atom. The first-order valence-corrected chi connectivity index (χ1v) is 9.48. The number of likely N-dealkylation sites (tertiary alicyclic amines) is 1. The maximum absolute atomic E-state index is 12.8. The summed E-state index contributed by atoms with van der Waals surface area (Å²) >= 11 is 0. The van der Waals surface area contributed by atoms with Gasteiger partial charge in [0.05, 0.1) is 0 Å². The third kappa shape index (κ3) is 2.96. The SMILES string of the molecule is CC[C@]1(C2CCN(C(=O)c3cc(-c4ccc(C)o4)[nH]n3)CC2)NC(=O)NC1=O. The lowest BCUT2D eigenvalue weighted by Crippen LogP contribution is -2.56. The summed E-state index contributed by atoms with van der Waals surface area (Å²) in [6.45, 7) is 4.77. The summed E-state index contributed by atoms with van der Waals surface area (Å²) in [4.78, 5) is 38.5. The molecule has 4 rings (SSSR count). The molecule has 9 heteroatoms. The van der Waals surface area contributed by atoms with E-state index < -0.39 is 11.6 Å². The van der Waals surface area contributed by atoms with Gasteiger partial charge in [-0.05, 0) is 44.2 Å². The van der Waals surface area contributed by atoms with Crippen LogP contribution in [0.4, 0.5) is 4.79 Å². The number of H-pyrrole nitrogens is 1. The second kappa shape index (κ2) is 6.81. The highest BCUT2D eigenvalue weighted by molar-refractivity contribution is 6.07. The van der Waals surface area contributed by atoms with Crippen LogP contribution in [0.3, 0.4) is 0 Å². The standard InChI is InChI=1S/C19H23N5O4/c1-3-19(17(26)20-18(27)21-19)12-6-8-24(9-7-12)16(25)14-10-13(22-23-14)15-5-4-11(2)28-15/h4-5,10,12H,3,6-9H2,1-2H3,(H,22,23)(H2,20,21,26,27)/t19-/m1/s1. The summed E-state index contributed by atoms with van der Waals surface area (Å²) in [6, 6.07) is 4.92. The van der Waals surface area contributed by atoms with Crippen molar-refractivity contribution < 1.29 is 18.8 Å². The molecule has 2 fully saturated rings. The van der Waals surface area contributed by atoms with Crippen molar-refractivity contribution in [2.24, 2.45) is 5.92 Å². The Hall–Kier alpha value is -3.10. The number of urea groups is 1. The van der Waals surface area contributed by atoms with E-state index in [1.165, 1.54) is 0 Å². The van der Waals surface area contributed by atoms with Gasteiger partial charge >= 0.3 is 6.03 Å². The normalized spacial score (nSPS) is 23.0. The Balaban J connectivity index is 1.43. The summed E-state index contributed by atoms with van der Waals surface area (Å²) in [7, 11) is 0. The maximum atomic E-state index is 12.8. The molecule has 4 amide bonds. The van der Waals surface area contributed by atoms with Crippen molar-refractivity contribution in [3.8, 4) is 11.5 Å². The molecular weight excluding hydrogens is 362 g/mol. The number of aromatic amines is 1. The van der Waals surface area contributed by atoms with Crippen LogP contribution in [-0.2, 0) is 4.79 Å². The molecule has 1 atom stereocenters. The number of nitrogens with zero attached hydrogens (tertiary/aromatic N) is 2. The molecule has 0 radical (unpaired) electrons. The van der Waals surface area contributed by atoms with Gasteiger partial charge in [0, 0.05) is 19.2 Å². The second-order valence-electron chi connectivity index (χ2n) is 7.38. The summed E-state index contributed by atoms with van der Waals surface area (Å²) in [5.74, 6) is 0.988. The molecule has 0 spiro atoms. The van der Waals surface area contributed by atoms with Crippen LogP contribution in [0, 0.1) is 12.8 Å². The Labute approximate surface area is 161 Å². The summed E-state index contributed by atoms with van der Waals surface area (Å²) < 4.78 is 5.55. The van der Waals surface area contributed by atoms with Crippen molar-refractivity contribution >= 4 is 17.8 Å². The molecule has 2 saturated heterocycles. The van der Waals surface area contributed by atoms with E-state index >= 15 is 0 Å². The minimum atomic E-state index is -0.872. The van der Waals surface area contributed by atoms with Gasteiger partial charge in [0.1, 0.15) is 17.0 Å². The molecular formula is C19H23N5O4. The largest absolute Gasteiger partial charge is 0.460 e. The van der Waals surface area contributed by atoms with Crippen molar-refractivity contribution in [2.75, 3.05) is 13.1 Å². The van der Waals surface area contributed by atoms with E-state index in [-0.39, 0.29) is 17.7 Å². The van der Waals surface area contributed by atoms with Gasteiger partial charge < -0.3 is 14.6 Å². The first-order valence-electron chi connectivity index (χ1n) is 9.48. The van der Waals surface area contributed by atoms with Gasteiger partial charge in [-0.3, -0.25) is 20.0 Å². The van der Waals surface area contributed by atoms with Gasteiger partial charge in [0.25, 0.3) is 11.8 Å². The number of aromatic nitrogens is 2. The lowest BCUT2D eigenvalue weighted by atomic mass is 9.76. The van der Waals surface area contributed by atoms with Gasteiger partial charge in [-0.15, -0.1) is 0 Å². The van der Waals surface area contributed by atoms with Crippen molar-refractivity contribution in [2.45, 2.75) is 38.6 Å². The zero-order chi connectivity index (χ0) is 19.9. The van der Waals surface area contributed by atoms with Crippen molar-refractivity contribution in [1.82, 2.24) is 25.7 Å². The Kier molecular flexibility index (Phi) is 4.44. The zero-order valence-corrected chi connectivity index (χ0v) is 15.9. The second-order valence-corrected chi connectivity index (χ2v) is 7.38. The molecule has 2 aromatic heterocycles. The summed E-state index contributed by atoms with van der Waals surface area (Å²) in [6.07, 6.45) is 1.80. The highest BCUT2D eigenvalue weighted by Crippen LogP contribution is 2.34. The fourth-order valence-electron chi connectivity index (χ4n) is 4.20. The number of hydrogen-bond donors (Lipinski definition) is 3. The summed E-state index contributed by atoms with van der Waals surface area (Å²) in [5, 5.41) is 12.1. The topological polar surface area (TPSA) is 120 Å². The average molecular weight is 385 g/mol. The van der Waals surface area contributed by atoms with E-state index in [9.17, 15) is 14.4 Å². The molecule has 9 nitrogen and oxygen atoms in total. The van der Waals surface area contributed by atoms with Crippen molar-refractivity contribution in [3.05, 3.63) is 29.7 Å². The van der Waals surface area contributed by atoms with Crippen LogP contribution in [0.1, 0.15) is 42.4 Å². The molecule has 2 aliphatic heterocycles. The number of nitrogens with one attached hydrogen (secondary N) is 3. The molecule has 148 valence electrons. The molecule has 0 unspecified atom stereocenters. The van der Waals surface area contributed by atoms with Gasteiger partial charge in [-0.1, -0.05) is 6.92 Å². The van der Waals surface area contributed by atoms with Crippen molar-refractivity contribution in [3.63, 3.8) is 0 Å². The lowest BCUT2D eigenvalue weighted by molar-refractivity contribution is -0.126. The van der Waals surface area contributed by atoms with Crippen LogP contribution in [0.25, 0.3) is 11.5 Å². The van der Waals surface area contributed by atoms with E-state index in [1.807, 2.05) is 26.0 Å². The predicted octanol–water partition coefficient (Wildman–Crippen LogP) is 1.82. The Morgan fingerprint density at radius 3 is 2.64 bits per heavy atom. The molecule has 0 aliphatic carbocycles. The first-order chi connectivity index (χ1) is 13.4. The van der Waals surface area contributed by atoms with Crippen LogP contribution >= 0.6 is 0 Å². The van der Waals surface area contributed by atoms with E-state index in [0.717, 1.165) is 5.76 Å². The fourth-order valence-corrected chi connectivity index (χ4v) is 4.20. The van der Waals surface area contributed by atoms with Gasteiger partial charge in [0.15, 0.2) is 11.5 Å². The molecule has 0 aromatic carbocycles. The minimum Gasteiger partial charge on any atom is -0.460 e. The van der Waals surface area contributed by atoms with Crippen LogP contribution < -0.4 is 10.6 Å². The molecule has 28 heavy (non-hydrogen) atoms. The minimum absolute atomic E-state index is 0.00570. The zero-order valence-electron chi connectivity index (χ0n) is 15.9. The molecule has 0 bridgehead atoms. The lowest BCUT2D eigenvalue weighted by Gasteiger charge is -2.40. The third-order valence-corrected chi connectivity index (χ3v) is 5.81. The van der Waals surface area contributed by atoms with Gasteiger partial charge in [-0.2, -0.15) is 5.10 Å². The highest BCUT2D eigenvalue weighted by Gasteiger charge is 2.51. The van der Waals surface area contributed by atoms with Crippen LogP contribution in [-0.4, -0.2) is 51.6 Å². The number of rotatable bonds is 4. The average Bonchev–Trinajstić information content (AvgIpc) is 3.40. The number of hydrogen-bond acceptors (Lipinski definition) is 5. The predicted molar refractivity (Wildman–Crippen MR) is 99.4 cm³/mol. The van der Waals surface area contributed by atoms with E-state index in [0.29, 0.717) is 49.5 Å². The number of carbonyl (C=O) groups is 3. The number of amides is 4. The summed E-state index contributed by atoms with van der Waals surface area (Å²) in [5.41, 5.74) is 0.115. The third-order valence-electron chi connectivity index (χ3n) is 5.81. The number of piperidine rings is 1. The number of aryl methyl sites for hydroxylation is 1. The van der Waals surface area contributed by atoms with Gasteiger partial charge in [0.2, 0.25) is 0 Å². The molecule has 2 aromatic rings. The number of carbonyl (C=O) groups excluding carboxylic acids is 3. The van der Waals surface area contributed by atoms with Crippen LogP contribution in [0.15, 0.2) is 22.6 Å². The molecule has 3 N–H and O–H groups in total. The monoisotopic (exact) mass is 385 g/mol. The van der Waals surface area contributed by atoms with E-state index in [1.54, 1.807) is 11.0 Å². The van der Waals surface area contributed by atoms with Crippen molar-refractivity contribution in [1.29, 1.82) is 0 Å². The van der Waals surface area contributed by atoms with E-state index in [2.05, 4.69) is 20.8 Å². The highest BCUT2D eigenvalue weighted by atomic mass is 16.3. The van der Waals surface area contributed by atoms with Crippen LogP contribution in [0.2, 0.25) is 0 Å².